The van der Waals surface area contributed by atoms with E-state index in [-0.39, 0.29) is 24.0 Å². The number of anilines is 1. The zero-order chi connectivity index (χ0) is 27.0. The maximum Gasteiger partial charge on any atom is 0.254 e. The van der Waals surface area contributed by atoms with Crippen molar-refractivity contribution >= 4 is 22.5 Å². The van der Waals surface area contributed by atoms with Crippen LogP contribution in [0.1, 0.15) is 50.4 Å². The SMILES string of the molecule is CCn1c(-c2noc(CNC(=O)c3cnn(C(C)(C)C)c3)n2)cc2c(N[C@@H]3CCN(C)C[C@@H]3F)cccc21. The second-order valence-electron chi connectivity index (χ2n) is 10.9. The second-order valence-corrected chi connectivity index (χ2v) is 10.9. The van der Waals surface area contributed by atoms with Crippen LogP contribution in [0.4, 0.5) is 10.1 Å². The predicted molar refractivity (Wildman–Crippen MR) is 144 cm³/mol. The lowest BCUT2D eigenvalue weighted by molar-refractivity contribution is 0.0946. The molecule has 10 nitrogen and oxygen atoms in total. The molecule has 0 aliphatic carbocycles. The Balaban J connectivity index is 1.33. The quantitative estimate of drug-likeness (QED) is 0.377. The molecule has 3 aromatic heterocycles. The molecule has 4 heterocycles. The largest absolute Gasteiger partial charge is 0.379 e. The smallest absolute Gasteiger partial charge is 0.254 e. The first-order valence-electron chi connectivity index (χ1n) is 13.0. The molecule has 1 aliphatic heterocycles. The van der Waals surface area contributed by atoms with E-state index in [2.05, 4.69) is 37.4 Å². The van der Waals surface area contributed by atoms with Gasteiger partial charge in [-0.05, 0) is 59.4 Å². The van der Waals surface area contributed by atoms with Gasteiger partial charge in [0.05, 0.1) is 41.1 Å². The third kappa shape index (κ3) is 5.15. The van der Waals surface area contributed by atoms with E-state index >= 15 is 0 Å². The highest BCUT2D eigenvalue weighted by molar-refractivity contribution is 5.96. The van der Waals surface area contributed by atoms with Crippen molar-refractivity contribution in [3.63, 3.8) is 0 Å². The Kier molecular flexibility index (Phi) is 6.95. The van der Waals surface area contributed by atoms with Crippen molar-refractivity contribution < 1.29 is 13.7 Å². The molecule has 0 saturated carbocycles. The lowest BCUT2D eigenvalue weighted by Gasteiger charge is -2.33. The number of amides is 1. The standard InChI is InChI=1S/C27H35FN8O2/c1-6-35-22-9-7-8-20(31-21-10-11-34(5)16-19(21)28)18(22)12-23(35)25-32-24(38-33-25)14-29-26(37)17-13-30-36(15-17)27(2,3)4/h7-9,12-13,15,19,21,31H,6,10-11,14,16H2,1-5H3,(H,29,37)/t19-,21+/m0/s1. The van der Waals surface area contributed by atoms with Gasteiger partial charge >= 0.3 is 0 Å². The summed E-state index contributed by atoms with van der Waals surface area (Å²) in [7, 11) is 1.95. The van der Waals surface area contributed by atoms with Crippen LogP contribution >= 0.6 is 0 Å². The van der Waals surface area contributed by atoms with Crippen molar-refractivity contribution in [2.45, 2.75) is 65.0 Å². The molecule has 11 heteroatoms. The molecule has 1 aromatic carbocycles. The van der Waals surface area contributed by atoms with E-state index in [9.17, 15) is 9.18 Å². The molecule has 1 amide bonds. The first kappa shape index (κ1) is 25.9. The lowest BCUT2D eigenvalue weighted by atomic mass is 10.0. The first-order valence-corrected chi connectivity index (χ1v) is 13.0. The summed E-state index contributed by atoms with van der Waals surface area (Å²) in [5.41, 5.74) is 2.94. The van der Waals surface area contributed by atoms with Gasteiger partial charge in [-0.25, -0.2) is 4.39 Å². The van der Waals surface area contributed by atoms with Gasteiger partial charge in [-0.3, -0.25) is 9.48 Å². The Morgan fingerprint density at radius 2 is 2.11 bits per heavy atom. The zero-order valence-corrected chi connectivity index (χ0v) is 22.5. The normalized spacial score (nSPS) is 18.7. The van der Waals surface area contributed by atoms with Crippen molar-refractivity contribution in [3.05, 3.63) is 48.1 Å². The van der Waals surface area contributed by atoms with Crippen molar-refractivity contribution in [1.29, 1.82) is 0 Å². The van der Waals surface area contributed by atoms with Crippen LogP contribution in [0.5, 0.6) is 0 Å². The van der Waals surface area contributed by atoms with E-state index in [0.717, 1.165) is 35.2 Å². The summed E-state index contributed by atoms with van der Waals surface area (Å²) in [6.45, 7) is 10.2. The molecule has 0 radical (unpaired) electrons. The average Bonchev–Trinajstić information content (AvgIpc) is 3.62. The van der Waals surface area contributed by atoms with Gasteiger partial charge in [0.25, 0.3) is 5.91 Å². The number of likely N-dealkylation sites (tertiary alicyclic amines) is 1. The Morgan fingerprint density at radius 1 is 1.29 bits per heavy atom. The Labute approximate surface area is 221 Å². The highest BCUT2D eigenvalue weighted by Crippen LogP contribution is 2.33. The zero-order valence-electron chi connectivity index (χ0n) is 22.5. The third-order valence-electron chi connectivity index (χ3n) is 6.98. The molecule has 5 rings (SSSR count). The average molecular weight is 523 g/mol. The van der Waals surface area contributed by atoms with Crippen molar-refractivity contribution in [2.24, 2.45) is 0 Å². The molecule has 2 atom stereocenters. The molecule has 1 fully saturated rings. The number of fused-ring (bicyclic) bond motifs is 1. The van der Waals surface area contributed by atoms with E-state index in [1.165, 1.54) is 0 Å². The molecule has 0 unspecified atom stereocenters. The van der Waals surface area contributed by atoms with Gasteiger partial charge < -0.3 is 24.6 Å². The van der Waals surface area contributed by atoms with Crippen LogP contribution in [0.25, 0.3) is 22.4 Å². The fourth-order valence-electron chi connectivity index (χ4n) is 4.85. The summed E-state index contributed by atoms with van der Waals surface area (Å²) >= 11 is 0. The number of hydrogen-bond donors (Lipinski definition) is 2. The van der Waals surface area contributed by atoms with Crippen molar-refractivity contribution in [3.8, 4) is 11.5 Å². The maximum absolute atomic E-state index is 14.7. The van der Waals surface area contributed by atoms with Crippen LogP contribution in [0.15, 0.2) is 41.2 Å². The molecule has 4 aromatic rings. The van der Waals surface area contributed by atoms with E-state index < -0.39 is 6.17 Å². The number of rotatable bonds is 7. The molecule has 38 heavy (non-hydrogen) atoms. The molecule has 2 N–H and O–H groups in total. The number of halogens is 1. The number of nitrogens with zero attached hydrogens (tertiary/aromatic N) is 6. The second kappa shape index (κ2) is 10.2. The van der Waals surface area contributed by atoms with Crippen LogP contribution in [0.2, 0.25) is 0 Å². The van der Waals surface area contributed by atoms with Gasteiger partial charge in [-0.15, -0.1) is 0 Å². The van der Waals surface area contributed by atoms with Gasteiger partial charge in [-0.2, -0.15) is 10.1 Å². The van der Waals surface area contributed by atoms with Crippen molar-refractivity contribution in [2.75, 3.05) is 25.5 Å². The number of aromatic nitrogens is 5. The first-order chi connectivity index (χ1) is 18.1. The van der Waals surface area contributed by atoms with E-state index in [0.29, 0.717) is 30.4 Å². The van der Waals surface area contributed by atoms with Crippen LogP contribution in [-0.4, -0.2) is 67.6 Å². The summed E-state index contributed by atoms with van der Waals surface area (Å²) < 4.78 is 24.0. The Hall–Kier alpha value is -3.73. The number of carbonyl (C=O) groups excluding carboxylic acids is 1. The number of aryl methyl sites for hydroxylation is 1. The fraction of sp³-hybridized carbons (Fsp3) is 0.481. The van der Waals surface area contributed by atoms with Gasteiger partial charge in [0.15, 0.2) is 0 Å². The molecular weight excluding hydrogens is 487 g/mol. The number of hydrogen-bond acceptors (Lipinski definition) is 7. The van der Waals surface area contributed by atoms with Crippen LogP contribution < -0.4 is 10.6 Å². The van der Waals surface area contributed by atoms with Gasteiger partial charge in [0, 0.05) is 36.9 Å². The van der Waals surface area contributed by atoms with Gasteiger partial charge in [0.2, 0.25) is 11.7 Å². The van der Waals surface area contributed by atoms with Gasteiger partial charge in [-0.1, -0.05) is 11.2 Å². The van der Waals surface area contributed by atoms with Crippen LogP contribution in [-0.2, 0) is 18.6 Å². The molecule has 1 aliphatic rings. The summed E-state index contributed by atoms with van der Waals surface area (Å²) in [6, 6.07) is 7.77. The molecule has 1 saturated heterocycles. The highest BCUT2D eigenvalue weighted by Gasteiger charge is 2.28. The number of nitrogens with one attached hydrogen (secondary N) is 2. The minimum Gasteiger partial charge on any atom is -0.379 e. The predicted octanol–water partition coefficient (Wildman–Crippen LogP) is 4.05. The maximum atomic E-state index is 14.7. The summed E-state index contributed by atoms with van der Waals surface area (Å²) in [4.78, 5) is 19.2. The summed E-state index contributed by atoms with van der Waals surface area (Å²) in [5.74, 6) is 0.467. The number of benzene rings is 1. The summed E-state index contributed by atoms with van der Waals surface area (Å²) in [5, 5.41) is 15.7. The summed E-state index contributed by atoms with van der Waals surface area (Å²) in [6.07, 6.45) is 3.07. The number of alkyl halides is 1. The highest BCUT2D eigenvalue weighted by atomic mass is 19.1. The van der Waals surface area contributed by atoms with E-state index in [1.54, 1.807) is 17.1 Å². The molecular formula is C27H35FN8O2. The monoisotopic (exact) mass is 522 g/mol. The van der Waals surface area contributed by atoms with E-state index in [4.69, 9.17) is 4.52 Å². The van der Waals surface area contributed by atoms with Crippen LogP contribution in [0.3, 0.4) is 0 Å². The Morgan fingerprint density at radius 3 is 2.82 bits per heavy atom. The molecule has 0 bridgehead atoms. The molecule has 202 valence electrons. The lowest BCUT2D eigenvalue weighted by Crippen LogP contribution is -2.46. The number of carbonyl (C=O) groups is 1. The minimum absolute atomic E-state index is 0.0969. The molecule has 0 spiro atoms. The van der Waals surface area contributed by atoms with E-state index in [1.807, 2.05) is 57.0 Å². The number of piperidine rings is 1. The minimum atomic E-state index is -0.936. The van der Waals surface area contributed by atoms with Crippen LogP contribution in [0, 0.1) is 0 Å². The third-order valence-corrected chi connectivity index (χ3v) is 6.98. The topological polar surface area (TPSA) is 106 Å². The van der Waals surface area contributed by atoms with Crippen molar-refractivity contribution in [1.82, 2.24) is 34.7 Å². The fourth-order valence-corrected chi connectivity index (χ4v) is 4.85. The Bertz CT molecular complexity index is 1430. The van der Waals surface area contributed by atoms with Gasteiger partial charge in [0.1, 0.15) is 6.17 Å².